The third-order valence-corrected chi connectivity index (χ3v) is 21.8. The highest BCUT2D eigenvalue weighted by molar-refractivity contribution is 8.31. The summed E-state index contributed by atoms with van der Waals surface area (Å²) in [6.45, 7) is 0. The first kappa shape index (κ1) is 141. The second kappa shape index (κ2) is 73.1. The first-order valence-electron chi connectivity index (χ1n) is 38.7. The molecule has 122 heavy (non-hydrogen) atoms. The normalized spacial score (nSPS) is 9.11. The average Bonchev–Trinajstić information content (AvgIpc) is 0.795. The fourth-order valence-corrected chi connectivity index (χ4v) is 16.2. The Morgan fingerprint density at radius 3 is 0.180 bits per heavy atom. The van der Waals surface area contributed by atoms with Crippen molar-refractivity contribution >= 4 is 870 Å². The molecule has 0 aromatic rings. The van der Waals surface area contributed by atoms with E-state index in [4.69, 9.17) is 495 Å². The molecule has 0 aliphatic rings. The maximum atomic E-state index is 6.24. The van der Waals surface area contributed by atoms with Crippen LogP contribution < -0.4 is 0 Å². The van der Waals surface area contributed by atoms with E-state index in [1.165, 1.54) is 42.4 Å². The second-order valence-corrected chi connectivity index (χ2v) is 31.2. The molecule has 122 heteroatoms. The molecule has 0 unspecified atom stereocenters. The van der Waals surface area contributed by atoms with E-state index in [1.54, 1.807) is 0 Å². The maximum Gasteiger partial charge on any atom is 0 e. The third-order valence-electron chi connectivity index (χ3n) is 21.8. The van der Waals surface area contributed by atoms with Crippen molar-refractivity contribution in [2.75, 3.05) is 0 Å². The molecule has 0 rings (SSSR count). The molecular weight excluding hydrogens is 1320 g/mol. The smallest absolute Gasteiger partial charge is 0 e. The summed E-state index contributed by atoms with van der Waals surface area (Å²) in [4.78, 5) is 0. The fraction of sp³-hybridized carbons (Fsp3) is 0. The largest absolute Gasteiger partial charge is 0 e. The molecule has 0 N–H and O–H groups in total. The molecule has 0 aliphatic carbocycles. The second-order valence-electron chi connectivity index (χ2n) is 31.2. The van der Waals surface area contributed by atoms with Crippen molar-refractivity contribution in [1.29, 1.82) is 0 Å². The molecule has 0 spiro atoms. The van der Waals surface area contributed by atoms with E-state index in [0.29, 0.717) is 0 Å². The van der Waals surface area contributed by atoms with Crippen molar-refractivity contribution in [1.82, 2.24) is 0 Å². The zero-order valence-electron chi connectivity index (χ0n) is 70.4. The predicted octanol–water partition coefficient (Wildman–Crippen LogP) is -46.5. The van der Waals surface area contributed by atoms with Gasteiger partial charge in [0.05, 0.1) is 0 Å². The summed E-state index contributed by atoms with van der Waals surface area (Å²) in [5.41, 5.74) is 0. The molecule has 0 aliphatic heterocycles. The Morgan fingerprint density at radius 2 is 0.139 bits per heavy atom. The van der Waals surface area contributed by atoms with Crippen LogP contribution in [0, 0.1) is 0 Å². The van der Waals surface area contributed by atoms with Crippen molar-refractivity contribution in [2.24, 2.45) is 0 Å². The first-order chi connectivity index (χ1) is 55.5. The predicted molar refractivity (Wildman–Crippen MR) is 702 cm³/mol. The topological polar surface area (TPSA) is 0 Å². The van der Waals surface area contributed by atoms with Gasteiger partial charge in [0.2, 0.25) is 0 Å². The molecule has 0 atom stereocenters. The Bertz CT molecular complexity index is 1840. The molecule has 0 saturated heterocycles. The molecule has 0 saturated carbocycles. The van der Waals surface area contributed by atoms with Crippen LogP contribution in [0.4, 0.5) is 0 Å². The highest BCUT2D eigenvalue weighted by Crippen LogP contribution is 2.18. The van der Waals surface area contributed by atoms with Crippen molar-refractivity contribution in [3.05, 3.63) is 0 Å². The van der Waals surface area contributed by atoms with Crippen LogP contribution in [0.2, 0.25) is 0 Å². The monoisotopic (exact) mass is 1340 g/mol. The lowest BCUT2D eigenvalue weighted by atomic mass is 8.33. The summed E-state index contributed by atoms with van der Waals surface area (Å²) in [6, 6.07) is 0. The third kappa shape index (κ3) is 49.6. The molecule has 0 amide bonds. The summed E-state index contributed by atoms with van der Waals surface area (Å²) in [5.74, 6) is 0. The van der Waals surface area contributed by atoms with Crippen molar-refractivity contribution < 1.29 is 0 Å². The van der Waals surface area contributed by atoms with Gasteiger partial charge in [-0.2, -0.15) is 0 Å². The van der Waals surface area contributed by atoms with Crippen LogP contribution in [-0.4, -0.2) is 870 Å². The van der Waals surface area contributed by atoms with Crippen molar-refractivity contribution in [3.63, 3.8) is 0 Å². The Balaban J connectivity index is -0.000000348. The van der Waals surface area contributed by atoms with Crippen LogP contribution in [-0.2, 0) is 0 Å². The lowest BCUT2D eigenvalue weighted by Crippen LogP contribution is -2.86. The van der Waals surface area contributed by atoms with Gasteiger partial charge in [-0.15, -0.1) is 0 Å². The van der Waals surface area contributed by atoms with Gasteiger partial charge < -0.3 is 0 Å². The minimum Gasteiger partial charge on any atom is 0 e. The molecule has 0 bridgehead atoms. The maximum absolute atomic E-state index is 6.24. The molecule has 366 valence electrons. The Kier molecular flexibility index (Phi) is 84.2. The average molecular weight is 1320 g/mol. The van der Waals surface area contributed by atoms with E-state index >= 15 is 0 Å². The molecular formula is B122. The first-order valence-corrected chi connectivity index (χ1v) is 38.7. The van der Waals surface area contributed by atoms with Gasteiger partial charge in [-0.1, -0.05) is 0 Å². The van der Waals surface area contributed by atoms with E-state index in [1.807, 2.05) is 0 Å². The van der Waals surface area contributed by atoms with E-state index in [2.05, 4.69) is 0 Å². The highest BCUT2D eigenvalue weighted by Gasteiger charge is 2.56. The standard InChI is InChI=1S/4B27.2B7/c4*1-15-22(14)26(23(16(2)3)17(4)5)27(24(18(6)7)19(8)9)25(20(10)11)21(12)13;2*1-5-7(4)6(2)3. The van der Waals surface area contributed by atoms with E-state index < -0.39 is 319 Å². The summed E-state index contributed by atoms with van der Waals surface area (Å²) in [6.07, 6.45) is -44.0. The van der Waals surface area contributed by atoms with Gasteiger partial charge >= 0.3 is 0 Å². The molecule has 0 nitrogen and oxygen atoms in total. The quantitative estimate of drug-likeness (QED) is 0.0533. The van der Waals surface area contributed by atoms with Crippen LogP contribution in [0.15, 0.2) is 0 Å². The molecule has 0 fully saturated rings. The lowest BCUT2D eigenvalue weighted by Gasteiger charge is -2.48. The number of rotatable bonds is 52. The van der Waals surface area contributed by atoms with Crippen LogP contribution in [0.25, 0.3) is 0 Å². The summed E-state index contributed by atoms with van der Waals surface area (Å²) < 4.78 is 0. The van der Waals surface area contributed by atoms with Crippen molar-refractivity contribution in [3.8, 4) is 0 Å². The van der Waals surface area contributed by atoms with Gasteiger partial charge in [0.25, 0.3) is 0 Å². The van der Waals surface area contributed by atoms with Gasteiger partial charge in [-0.05, 0) is 0 Å². The minimum atomic E-state index is -0.994. The van der Waals surface area contributed by atoms with Crippen LogP contribution in [0.3, 0.4) is 0 Å². The molecule has 134 radical (unpaired) electrons. The van der Waals surface area contributed by atoms with E-state index in [9.17, 15) is 0 Å². The lowest BCUT2D eigenvalue weighted by molar-refractivity contribution is 3.27. The van der Waals surface area contributed by atoms with Gasteiger partial charge in [0.1, 0.15) is 0 Å². The molecule has 0 aromatic heterocycles. The fourth-order valence-electron chi connectivity index (χ4n) is 16.2. The van der Waals surface area contributed by atoms with Gasteiger partial charge in [0.15, 0.2) is 0 Å². The van der Waals surface area contributed by atoms with Crippen LogP contribution in [0.1, 0.15) is 0 Å². The van der Waals surface area contributed by atoms with Gasteiger partial charge in [-0.25, -0.2) is 0 Å². The number of hydrogen-bond acceptors (Lipinski definition) is 0. The highest BCUT2D eigenvalue weighted by atomic mass is 13.4. The Morgan fingerprint density at radius 1 is 0.0738 bits per heavy atom. The molecule has 0 aromatic carbocycles. The van der Waals surface area contributed by atoms with Crippen LogP contribution in [0.5, 0.6) is 0 Å². The SMILES string of the molecule is [B][B]B([B])B(B(B([B])[B])B([B])[B])B(B(B([B])[B])B([B])[B])B(B([B])[B])B([B])[B].[B][B]B([B])B(B(B([B])[B])B([B])[B])B(B(B([B])[B])B([B])[B])B(B([B])[B])B([B])[B].[B][B]B([B])B(B(B([B])[B])B([B])[B])B(B(B([B])[B])B([B])[B])B(B([B])[B])B([B])[B].[B][B]B([B])B(B(B([B])[B])B([B])[B])B(B(B([B])[B])B([B])[B])B(B([B])[B])B([B])[B].[B][B]B([B])B([B])[B].[B][B]B([B])B([B])[B]. The molecule has 0 heterocycles. The Labute approximate surface area is 860 Å². The zero-order chi connectivity index (χ0) is 98.3. The van der Waals surface area contributed by atoms with Crippen LogP contribution >= 0.6 is 0 Å². The summed E-state index contributed by atoms with van der Waals surface area (Å²) >= 11 is 0. The summed E-state index contributed by atoms with van der Waals surface area (Å²) in [7, 11) is 381. The van der Waals surface area contributed by atoms with E-state index in [0.717, 1.165) is 0 Å². The number of hydrogen-bond donors (Lipinski definition) is 0. The summed E-state index contributed by atoms with van der Waals surface area (Å²) in [5, 5.41) is 0. The minimum absolute atomic E-state index is 0.389. The van der Waals surface area contributed by atoms with Gasteiger partial charge in [0, 0.05) is 870 Å². The van der Waals surface area contributed by atoms with Crippen molar-refractivity contribution in [2.45, 2.75) is 0 Å². The zero-order valence-corrected chi connectivity index (χ0v) is 70.4. The Hall–Kier alpha value is 7.92. The van der Waals surface area contributed by atoms with E-state index in [-0.39, 0.29) is 12.8 Å². The van der Waals surface area contributed by atoms with Gasteiger partial charge in [-0.3, -0.25) is 0 Å².